The van der Waals surface area contributed by atoms with Crippen molar-refractivity contribution < 1.29 is 19.4 Å². The minimum absolute atomic E-state index is 0.0588. The second-order valence-electron chi connectivity index (χ2n) is 7.00. The zero-order valence-electron chi connectivity index (χ0n) is 17.9. The van der Waals surface area contributed by atoms with E-state index in [4.69, 9.17) is 9.47 Å². The Kier molecular flexibility index (Phi) is 6.65. The Hall–Kier alpha value is -4.59. The number of methoxy groups -OCH3 is 1. The van der Waals surface area contributed by atoms with Crippen LogP contribution in [0.5, 0.6) is 17.2 Å². The van der Waals surface area contributed by atoms with Crippen molar-refractivity contribution in [1.82, 2.24) is 9.97 Å². The number of aromatic carboxylic acids is 1. The number of nitrogens with zero attached hydrogens (tertiary/aromatic N) is 2. The number of aromatic nitrogens is 2. The van der Waals surface area contributed by atoms with Gasteiger partial charge in [0.1, 0.15) is 17.1 Å². The van der Waals surface area contributed by atoms with Gasteiger partial charge in [-0.15, -0.1) is 0 Å². The van der Waals surface area contributed by atoms with Crippen LogP contribution in [-0.4, -0.2) is 28.2 Å². The van der Waals surface area contributed by atoms with Crippen molar-refractivity contribution in [2.24, 2.45) is 0 Å². The Morgan fingerprint density at radius 3 is 2.52 bits per heavy atom. The molecule has 8 nitrogen and oxygen atoms in total. The van der Waals surface area contributed by atoms with E-state index < -0.39 is 5.97 Å². The second kappa shape index (κ2) is 10.1. The molecule has 0 fully saturated rings. The summed E-state index contributed by atoms with van der Waals surface area (Å²) in [6.07, 6.45) is 1.27. The zero-order chi connectivity index (χ0) is 23.0. The van der Waals surface area contributed by atoms with Gasteiger partial charge in [-0.05, 0) is 42.0 Å². The molecule has 0 radical (unpaired) electrons. The normalized spacial score (nSPS) is 10.3. The first-order valence-electron chi connectivity index (χ1n) is 10.2. The predicted octanol–water partition coefficient (Wildman–Crippen LogP) is 5.33. The fraction of sp³-hybridized carbons (Fsp3) is 0.0800. The summed E-state index contributed by atoms with van der Waals surface area (Å²) in [6.45, 7) is 0.441. The molecule has 0 saturated heterocycles. The maximum atomic E-state index is 11.8. The third kappa shape index (κ3) is 5.56. The Bertz CT molecular complexity index is 1250. The second-order valence-corrected chi connectivity index (χ2v) is 7.00. The first-order chi connectivity index (χ1) is 16.1. The van der Waals surface area contributed by atoms with Crippen molar-refractivity contribution in [3.05, 3.63) is 96.2 Å². The maximum absolute atomic E-state index is 11.8. The molecule has 0 atom stereocenters. The standard InChI is InChI=1S/C25H22N4O4/c1-32-19-11-7-8-17(14-19)15-26-25-27-16-20(24(30)31)23(29-25)28-21-12-5-6-13-22(21)33-18-9-3-2-4-10-18/h2-14,16H,15H2,1H3,(H,30,31)(H2,26,27,28,29). The number of ether oxygens (including phenoxy) is 2. The highest BCUT2D eigenvalue weighted by Crippen LogP contribution is 2.32. The fourth-order valence-corrected chi connectivity index (χ4v) is 3.08. The van der Waals surface area contributed by atoms with E-state index in [1.807, 2.05) is 66.7 Å². The van der Waals surface area contributed by atoms with Crippen LogP contribution in [-0.2, 0) is 6.54 Å². The van der Waals surface area contributed by atoms with Crippen LogP contribution in [0.4, 0.5) is 17.5 Å². The summed E-state index contributed by atoms with van der Waals surface area (Å²) < 4.78 is 11.2. The average molecular weight is 442 g/mol. The molecule has 0 saturated carbocycles. The number of benzene rings is 3. The zero-order valence-corrected chi connectivity index (χ0v) is 17.9. The van der Waals surface area contributed by atoms with Crippen LogP contribution < -0.4 is 20.1 Å². The molecule has 3 N–H and O–H groups in total. The average Bonchev–Trinajstić information content (AvgIpc) is 2.85. The summed E-state index contributed by atoms with van der Waals surface area (Å²) in [5.74, 6) is 1.23. The van der Waals surface area contributed by atoms with Gasteiger partial charge in [-0.25, -0.2) is 9.78 Å². The van der Waals surface area contributed by atoms with Crippen LogP contribution in [0.3, 0.4) is 0 Å². The molecular weight excluding hydrogens is 420 g/mol. The molecule has 0 aliphatic rings. The summed E-state index contributed by atoms with van der Waals surface area (Å²) >= 11 is 0. The summed E-state index contributed by atoms with van der Waals surface area (Å²) in [5.41, 5.74) is 1.48. The van der Waals surface area contributed by atoms with Gasteiger partial charge in [-0.3, -0.25) is 0 Å². The van der Waals surface area contributed by atoms with Gasteiger partial charge in [0.15, 0.2) is 11.6 Å². The molecule has 0 amide bonds. The van der Waals surface area contributed by atoms with Gasteiger partial charge in [0.2, 0.25) is 5.95 Å². The van der Waals surface area contributed by atoms with Gasteiger partial charge in [0.05, 0.1) is 12.8 Å². The third-order valence-electron chi connectivity index (χ3n) is 4.72. The molecule has 0 unspecified atom stereocenters. The molecule has 0 aliphatic heterocycles. The number of hydrogen-bond acceptors (Lipinski definition) is 7. The lowest BCUT2D eigenvalue weighted by molar-refractivity contribution is 0.0697. The van der Waals surface area contributed by atoms with E-state index in [2.05, 4.69) is 20.6 Å². The van der Waals surface area contributed by atoms with Crippen LogP contribution >= 0.6 is 0 Å². The SMILES string of the molecule is COc1cccc(CNc2ncc(C(=O)O)c(Nc3ccccc3Oc3ccccc3)n2)c1. The lowest BCUT2D eigenvalue weighted by atomic mass is 10.2. The number of carbonyl (C=O) groups is 1. The Morgan fingerprint density at radius 1 is 0.970 bits per heavy atom. The molecule has 0 aliphatic carbocycles. The van der Waals surface area contributed by atoms with E-state index in [1.54, 1.807) is 19.2 Å². The molecular formula is C25H22N4O4. The first-order valence-corrected chi connectivity index (χ1v) is 10.2. The molecule has 166 valence electrons. The van der Waals surface area contributed by atoms with Gasteiger partial charge in [0.25, 0.3) is 0 Å². The van der Waals surface area contributed by atoms with Crippen molar-refractivity contribution >= 4 is 23.4 Å². The van der Waals surface area contributed by atoms with Gasteiger partial charge in [-0.1, -0.05) is 42.5 Å². The van der Waals surface area contributed by atoms with Crippen molar-refractivity contribution in [2.45, 2.75) is 6.54 Å². The lowest BCUT2D eigenvalue weighted by Gasteiger charge is -2.15. The summed E-state index contributed by atoms with van der Waals surface area (Å²) in [7, 11) is 1.61. The van der Waals surface area contributed by atoms with Crippen LogP contribution in [0.25, 0.3) is 0 Å². The lowest BCUT2D eigenvalue weighted by Crippen LogP contribution is -2.10. The fourth-order valence-electron chi connectivity index (χ4n) is 3.08. The highest BCUT2D eigenvalue weighted by molar-refractivity contribution is 5.94. The number of para-hydroxylation sites is 3. The predicted molar refractivity (Wildman–Crippen MR) is 126 cm³/mol. The minimum Gasteiger partial charge on any atom is -0.497 e. The highest BCUT2D eigenvalue weighted by atomic mass is 16.5. The molecule has 0 spiro atoms. The number of anilines is 3. The molecule has 1 aromatic heterocycles. The van der Waals surface area contributed by atoms with E-state index in [9.17, 15) is 9.90 Å². The molecule has 8 heteroatoms. The monoisotopic (exact) mass is 442 g/mol. The van der Waals surface area contributed by atoms with E-state index in [-0.39, 0.29) is 17.3 Å². The number of hydrogen-bond donors (Lipinski definition) is 3. The number of carboxylic acid groups (broad SMARTS) is 1. The molecule has 3 aromatic carbocycles. The smallest absolute Gasteiger partial charge is 0.341 e. The molecule has 1 heterocycles. The maximum Gasteiger partial charge on any atom is 0.341 e. The highest BCUT2D eigenvalue weighted by Gasteiger charge is 2.16. The van der Waals surface area contributed by atoms with E-state index in [0.29, 0.717) is 23.7 Å². The first kappa shape index (κ1) is 21.6. The van der Waals surface area contributed by atoms with E-state index in [0.717, 1.165) is 11.3 Å². The van der Waals surface area contributed by atoms with Crippen molar-refractivity contribution in [1.29, 1.82) is 0 Å². The summed E-state index contributed by atoms with van der Waals surface area (Å²) in [5, 5.41) is 15.8. The third-order valence-corrected chi connectivity index (χ3v) is 4.72. The largest absolute Gasteiger partial charge is 0.497 e. The topological polar surface area (TPSA) is 106 Å². The quantitative estimate of drug-likeness (QED) is 0.319. The molecule has 33 heavy (non-hydrogen) atoms. The Labute approximate surface area is 190 Å². The minimum atomic E-state index is -1.14. The number of rotatable bonds is 9. The summed E-state index contributed by atoms with van der Waals surface area (Å²) in [6, 6.07) is 24.1. The molecule has 0 bridgehead atoms. The van der Waals surface area contributed by atoms with Crippen LogP contribution in [0, 0.1) is 0 Å². The van der Waals surface area contributed by atoms with Gasteiger partial charge in [0, 0.05) is 12.7 Å². The molecule has 4 aromatic rings. The van der Waals surface area contributed by atoms with Gasteiger partial charge >= 0.3 is 5.97 Å². The van der Waals surface area contributed by atoms with E-state index >= 15 is 0 Å². The van der Waals surface area contributed by atoms with Crippen molar-refractivity contribution in [2.75, 3.05) is 17.7 Å². The van der Waals surface area contributed by atoms with Crippen molar-refractivity contribution in [3.63, 3.8) is 0 Å². The van der Waals surface area contributed by atoms with Gasteiger partial charge in [-0.2, -0.15) is 4.98 Å². The van der Waals surface area contributed by atoms with Crippen molar-refractivity contribution in [3.8, 4) is 17.2 Å². The molecule has 4 rings (SSSR count). The number of nitrogens with one attached hydrogen (secondary N) is 2. The van der Waals surface area contributed by atoms with Gasteiger partial charge < -0.3 is 25.2 Å². The van der Waals surface area contributed by atoms with Crippen LogP contribution in [0.15, 0.2) is 85.1 Å². The Morgan fingerprint density at radius 2 is 1.73 bits per heavy atom. The van der Waals surface area contributed by atoms with Crippen LogP contribution in [0.1, 0.15) is 15.9 Å². The van der Waals surface area contributed by atoms with Crippen LogP contribution in [0.2, 0.25) is 0 Å². The summed E-state index contributed by atoms with van der Waals surface area (Å²) in [4.78, 5) is 20.3. The van der Waals surface area contributed by atoms with E-state index in [1.165, 1.54) is 6.20 Å². The Balaban J connectivity index is 1.57. The number of carboxylic acids is 1.